The molecule has 2 N–H and O–H groups in total. The molecular weight excluding hydrogens is 379 g/mol. The molecule has 8 nitrogen and oxygen atoms in total. The van der Waals surface area contributed by atoms with Gasteiger partial charge >= 0.3 is 0 Å². The van der Waals surface area contributed by atoms with Gasteiger partial charge in [0.25, 0.3) is 0 Å². The van der Waals surface area contributed by atoms with Crippen molar-refractivity contribution >= 4 is 50.4 Å². The summed E-state index contributed by atoms with van der Waals surface area (Å²) in [5.74, 6) is 0.947. The zero-order valence-electron chi connectivity index (χ0n) is 12.3. The van der Waals surface area contributed by atoms with Gasteiger partial charge in [0.15, 0.2) is 17.3 Å². The van der Waals surface area contributed by atoms with E-state index >= 15 is 0 Å². The van der Waals surface area contributed by atoms with Crippen LogP contribution in [0.2, 0.25) is 10.3 Å². The number of halogens is 2. The van der Waals surface area contributed by atoms with Crippen molar-refractivity contribution in [3.63, 3.8) is 0 Å². The first kappa shape index (κ1) is 16.9. The summed E-state index contributed by atoms with van der Waals surface area (Å²) >= 11 is 11.8. The minimum absolute atomic E-state index is 0.00272. The molecule has 128 valence electrons. The van der Waals surface area contributed by atoms with E-state index in [2.05, 4.69) is 20.0 Å². The maximum atomic E-state index is 11.7. The van der Waals surface area contributed by atoms with Crippen LogP contribution in [0.25, 0.3) is 0 Å². The predicted octanol–water partition coefficient (Wildman–Crippen LogP) is 2.67. The monoisotopic (exact) mass is 390 g/mol. The Bertz CT molecular complexity index is 892. The number of rotatable bonds is 4. The Hall–Kier alpha value is -1.97. The molecule has 2 aromatic rings. The second-order valence-corrected chi connectivity index (χ2v) is 7.34. The Kier molecular flexibility index (Phi) is 4.57. The lowest BCUT2D eigenvalue weighted by Gasteiger charge is -2.23. The third kappa shape index (κ3) is 3.74. The topological polar surface area (TPSA) is 102 Å². The van der Waals surface area contributed by atoms with E-state index in [1.54, 1.807) is 12.1 Å². The van der Waals surface area contributed by atoms with Gasteiger partial charge in [-0.3, -0.25) is 4.72 Å². The van der Waals surface area contributed by atoms with E-state index < -0.39 is 10.0 Å². The fourth-order valence-corrected chi connectivity index (χ4v) is 2.91. The molecule has 0 radical (unpaired) electrons. The Morgan fingerprint density at radius 3 is 2.71 bits per heavy atom. The quantitative estimate of drug-likeness (QED) is 0.773. The molecule has 0 fully saturated rings. The van der Waals surface area contributed by atoms with Gasteiger partial charge in [0, 0.05) is 0 Å². The summed E-state index contributed by atoms with van der Waals surface area (Å²) in [6, 6.07) is 3.27. The number of nitrogens with zero attached hydrogens (tertiary/aromatic N) is 2. The van der Waals surface area contributed by atoms with Gasteiger partial charge in [-0.05, 0) is 23.7 Å². The molecule has 3 rings (SSSR count). The van der Waals surface area contributed by atoms with E-state index in [9.17, 15) is 8.42 Å². The van der Waals surface area contributed by atoms with Crippen molar-refractivity contribution in [1.82, 2.24) is 9.97 Å². The lowest BCUT2D eigenvalue weighted by Crippen LogP contribution is -2.19. The van der Waals surface area contributed by atoms with Crippen molar-refractivity contribution in [2.24, 2.45) is 0 Å². The predicted molar refractivity (Wildman–Crippen MR) is 91.2 cm³/mol. The maximum absolute atomic E-state index is 11.7. The third-order valence-corrected chi connectivity index (χ3v) is 4.00. The zero-order chi connectivity index (χ0) is 17.3. The normalized spacial score (nSPS) is 13.5. The lowest BCUT2D eigenvalue weighted by molar-refractivity contribution is 0.173. The molecule has 1 aliphatic heterocycles. The summed E-state index contributed by atoms with van der Waals surface area (Å²) < 4.78 is 36.8. The number of ether oxygens (including phenoxy) is 2. The molecular formula is C13H12Cl2N4O4S. The van der Waals surface area contributed by atoms with Crippen LogP contribution in [0, 0.1) is 0 Å². The minimum atomic E-state index is -3.56. The number of anilines is 3. The van der Waals surface area contributed by atoms with Crippen LogP contribution in [-0.4, -0.2) is 37.9 Å². The highest BCUT2D eigenvalue weighted by Crippen LogP contribution is 2.44. The molecule has 1 aliphatic rings. The highest BCUT2D eigenvalue weighted by molar-refractivity contribution is 7.92. The number of benzene rings is 1. The summed E-state index contributed by atoms with van der Waals surface area (Å²) in [6.45, 7) is 0.681. The molecule has 0 amide bonds. The van der Waals surface area contributed by atoms with Crippen molar-refractivity contribution in [2.45, 2.75) is 0 Å². The largest absolute Gasteiger partial charge is 0.486 e. The minimum Gasteiger partial charge on any atom is -0.486 e. The summed E-state index contributed by atoms with van der Waals surface area (Å²) in [5.41, 5.74) is 0.571. The van der Waals surface area contributed by atoms with Gasteiger partial charge in [0.2, 0.25) is 15.3 Å². The van der Waals surface area contributed by atoms with Crippen molar-refractivity contribution in [2.75, 3.05) is 29.5 Å². The molecule has 2 heterocycles. The fraction of sp³-hybridized carbons (Fsp3) is 0.231. The molecule has 0 bridgehead atoms. The van der Waals surface area contributed by atoms with E-state index in [0.29, 0.717) is 24.7 Å². The first-order chi connectivity index (χ1) is 11.3. The molecule has 0 aliphatic carbocycles. The average molecular weight is 391 g/mol. The molecule has 0 spiro atoms. The smallest absolute Gasteiger partial charge is 0.230 e. The molecule has 0 saturated carbocycles. The summed E-state index contributed by atoms with van der Waals surface area (Å²) in [6.07, 6.45) is 2.37. The lowest BCUT2D eigenvalue weighted by atomic mass is 10.2. The number of fused-ring (bicyclic) bond motifs is 1. The number of hydrogen-bond donors (Lipinski definition) is 2. The Balaban J connectivity index is 2.08. The van der Waals surface area contributed by atoms with Gasteiger partial charge in [-0.2, -0.15) is 4.98 Å². The van der Waals surface area contributed by atoms with Crippen molar-refractivity contribution in [3.05, 3.63) is 28.6 Å². The van der Waals surface area contributed by atoms with Gasteiger partial charge in [0.05, 0.1) is 18.1 Å². The van der Waals surface area contributed by atoms with Crippen LogP contribution in [0.3, 0.4) is 0 Å². The van der Waals surface area contributed by atoms with E-state index in [1.165, 1.54) is 6.20 Å². The zero-order valence-corrected chi connectivity index (χ0v) is 14.7. The number of hydrogen-bond acceptors (Lipinski definition) is 7. The van der Waals surface area contributed by atoms with Crippen LogP contribution >= 0.6 is 23.2 Å². The number of aromatic nitrogens is 2. The van der Waals surface area contributed by atoms with Crippen LogP contribution < -0.4 is 19.5 Å². The van der Waals surface area contributed by atoms with Gasteiger partial charge in [-0.15, -0.1) is 0 Å². The molecule has 0 atom stereocenters. The summed E-state index contributed by atoms with van der Waals surface area (Å²) in [7, 11) is -3.56. The number of nitrogens with one attached hydrogen (secondary N) is 2. The molecule has 1 aromatic carbocycles. The van der Waals surface area contributed by atoms with Crippen LogP contribution in [0.4, 0.5) is 17.2 Å². The van der Waals surface area contributed by atoms with E-state index in [4.69, 9.17) is 32.7 Å². The van der Waals surface area contributed by atoms with E-state index in [1.807, 2.05) is 0 Å². The SMILES string of the molecule is CS(=O)(=O)Nc1c(Nc2nc(Cl)ncc2Cl)ccc2c1OCCO2. The van der Waals surface area contributed by atoms with Gasteiger partial charge in [0.1, 0.15) is 23.9 Å². The van der Waals surface area contributed by atoms with Crippen molar-refractivity contribution < 1.29 is 17.9 Å². The van der Waals surface area contributed by atoms with Crippen molar-refractivity contribution in [1.29, 1.82) is 0 Å². The number of sulfonamides is 1. The van der Waals surface area contributed by atoms with E-state index in [-0.39, 0.29) is 27.6 Å². The molecule has 11 heteroatoms. The second kappa shape index (κ2) is 6.50. The van der Waals surface area contributed by atoms with E-state index in [0.717, 1.165) is 6.26 Å². The first-order valence-corrected chi connectivity index (χ1v) is 9.33. The Morgan fingerprint density at radius 2 is 1.96 bits per heavy atom. The van der Waals surface area contributed by atoms with Crippen LogP contribution in [-0.2, 0) is 10.0 Å². The molecule has 0 unspecified atom stereocenters. The van der Waals surface area contributed by atoms with Crippen LogP contribution in [0.15, 0.2) is 18.3 Å². The molecule has 0 saturated heterocycles. The van der Waals surface area contributed by atoms with Crippen molar-refractivity contribution in [3.8, 4) is 11.5 Å². The Morgan fingerprint density at radius 1 is 1.21 bits per heavy atom. The highest BCUT2D eigenvalue weighted by atomic mass is 35.5. The third-order valence-electron chi connectivity index (χ3n) is 2.96. The highest BCUT2D eigenvalue weighted by Gasteiger charge is 2.22. The first-order valence-electron chi connectivity index (χ1n) is 6.69. The standard InChI is InChI=1S/C13H12Cl2N4O4S/c1-24(20,21)19-10-8(2-3-9-11(10)23-5-4-22-9)17-12-7(14)6-16-13(15)18-12/h2-3,6,19H,4-5H2,1H3,(H,16,17,18). The summed E-state index contributed by atoms with van der Waals surface area (Å²) in [5, 5.41) is 3.14. The Labute approximate surface area is 148 Å². The average Bonchev–Trinajstić information content (AvgIpc) is 2.52. The fourth-order valence-electron chi connectivity index (χ4n) is 2.07. The maximum Gasteiger partial charge on any atom is 0.230 e. The molecule has 1 aromatic heterocycles. The summed E-state index contributed by atoms with van der Waals surface area (Å²) in [4.78, 5) is 7.74. The van der Waals surface area contributed by atoms with Gasteiger partial charge < -0.3 is 14.8 Å². The van der Waals surface area contributed by atoms with Crippen LogP contribution in [0.1, 0.15) is 0 Å². The molecule has 24 heavy (non-hydrogen) atoms. The van der Waals surface area contributed by atoms with Gasteiger partial charge in [-0.25, -0.2) is 13.4 Å². The second-order valence-electron chi connectivity index (χ2n) is 4.85. The van der Waals surface area contributed by atoms with Gasteiger partial charge in [-0.1, -0.05) is 11.6 Å². The van der Waals surface area contributed by atoms with Crippen LogP contribution in [0.5, 0.6) is 11.5 Å².